The van der Waals surface area contributed by atoms with E-state index >= 15 is 0 Å². The third-order valence-electron chi connectivity index (χ3n) is 14.6. The van der Waals surface area contributed by atoms with E-state index in [0.717, 1.165) is 35.5 Å². The summed E-state index contributed by atoms with van der Waals surface area (Å²) in [5, 5.41) is 0. The Balaban J connectivity index is 1.21. The van der Waals surface area contributed by atoms with Crippen LogP contribution in [0.25, 0.3) is 0 Å². The van der Waals surface area contributed by atoms with Gasteiger partial charge in [0.2, 0.25) is 0 Å². The summed E-state index contributed by atoms with van der Waals surface area (Å²) in [5.41, 5.74) is 2.82. The van der Waals surface area contributed by atoms with Gasteiger partial charge in [-0.05, 0) is 5.92 Å². The second kappa shape index (κ2) is 13.2. The molecule has 1 heteroatoms. The van der Waals surface area contributed by atoms with E-state index in [2.05, 4.69) is 132 Å². The molecule has 0 nitrogen and oxygen atoms in total. The van der Waals surface area contributed by atoms with Crippen LogP contribution < -0.4 is 10.7 Å². The van der Waals surface area contributed by atoms with Gasteiger partial charge in [0.15, 0.2) is 0 Å². The standard InChI is InChI=1S/C27H45.3C6H5.Sn/c1-19(2)9-8-10-20(3)23-14-15-24-22-13-12-21-11-6-7-17-26(21,4)25(22)16-18-27(23,24)5;3*1-2-4-6-5-3-1;/h6,11,19-20,22-25H,7-10,12-18H2,1-5H3;3*1-5H;/t20-,22+,23-,24+,25+,26+,27-;;;;/m1..../s1. The molecule has 0 spiro atoms. The van der Waals surface area contributed by atoms with Crippen LogP contribution in [-0.4, -0.2) is 18.4 Å². The first-order valence-corrected chi connectivity index (χ1v) is 25.1. The van der Waals surface area contributed by atoms with Gasteiger partial charge in [-0.3, -0.25) is 0 Å². The summed E-state index contributed by atoms with van der Waals surface area (Å²) in [6.45, 7) is 12.9. The number of hydrogen-bond donors (Lipinski definition) is 0. The molecule has 4 aliphatic carbocycles. The molecular weight excluding hydrogens is 659 g/mol. The van der Waals surface area contributed by atoms with Gasteiger partial charge in [-0.2, -0.15) is 0 Å². The molecule has 3 saturated carbocycles. The third-order valence-corrected chi connectivity index (χ3v) is 29.7. The number of fused-ring (bicyclic) bond motifs is 5. The summed E-state index contributed by atoms with van der Waals surface area (Å²) in [6.07, 6.45) is 18.7. The van der Waals surface area contributed by atoms with Gasteiger partial charge < -0.3 is 0 Å². The minimum absolute atomic E-state index is 0.392. The van der Waals surface area contributed by atoms with E-state index in [9.17, 15) is 0 Å². The molecular formula is C45H60Sn. The summed E-state index contributed by atoms with van der Waals surface area (Å²) in [5.74, 6) is 5.47. The van der Waals surface area contributed by atoms with Crippen LogP contribution in [0.5, 0.6) is 0 Å². The SMILES string of the molecule is CC(C)CCC[C@@H](C)[C@H]1CC[C@H]2[C@@H]3CCC4=C[C@H]([Sn]([c]5ccccc5)([c]5ccccc5)[c]5ccccc5)CC[C@]4(C)[C@H]3CC[C@]12C. The molecule has 0 saturated heterocycles. The Morgan fingerprint density at radius 3 is 1.80 bits per heavy atom. The monoisotopic (exact) mass is 720 g/mol. The fraction of sp³-hybridized carbons (Fsp3) is 0.556. The van der Waals surface area contributed by atoms with Gasteiger partial charge >= 0.3 is 261 Å². The zero-order chi connectivity index (χ0) is 31.9. The van der Waals surface area contributed by atoms with Crippen LogP contribution in [0.15, 0.2) is 103 Å². The summed E-state index contributed by atoms with van der Waals surface area (Å²) >= 11 is -3.42. The quantitative estimate of drug-likeness (QED) is 0.153. The Kier molecular flexibility index (Phi) is 9.43. The number of allylic oxidation sites excluding steroid dienone is 2. The molecule has 0 bridgehead atoms. The average Bonchev–Trinajstić information content (AvgIpc) is 3.44. The van der Waals surface area contributed by atoms with Gasteiger partial charge in [0, 0.05) is 0 Å². The summed E-state index contributed by atoms with van der Waals surface area (Å²) in [4.78, 5) is 0. The van der Waals surface area contributed by atoms with Crippen LogP contribution in [0.4, 0.5) is 0 Å². The number of benzene rings is 3. The Hall–Kier alpha value is -1.80. The van der Waals surface area contributed by atoms with E-state index in [4.69, 9.17) is 0 Å². The van der Waals surface area contributed by atoms with Crippen LogP contribution in [0.2, 0.25) is 3.93 Å². The van der Waals surface area contributed by atoms with Crippen molar-refractivity contribution in [2.45, 2.75) is 109 Å². The van der Waals surface area contributed by atoms with Gasteiger partial charge in [0.25, 0.3) is 0 Å². The van der Waals surface area contributed by atoms with Crippen molar-refractivity contribution >= 4 is 29.1 Å². The van der Waals surface area contributed by atoms with Crippen molar-refractivity contribution in [3.05, 3.63) is 103 Å². The first kappa shape index (κ1) is 32.7. The number of hydrogen-bond acceptors (Lipinski definition) is 0. The Morgan fingerprint density at radius 2 is 1.24 bits per heavy atom. The van der Waals surface area contributed by atoms with Gasteiger partial charge in [-0.1, -0.05) is 20.3 Å². The molecule has 0 aliphatic heterocycles. The van der Waals surface area contributed by atoms with Gasteiger partial charge in [-0.15, -0.1) is 0 Å². The Bertz CT molecular complexity index is 1380. The van der Waals surface area contributed by atoms with E-state index < -0.39 is 18.4 Å². The van der Waals surface area contributed by atoms with E-state index in [-0.39, 0.29) is 0 Å². The molecule has 0 aromatic heterocycles. The Labute approximate surface area is 285 Å². The fourth-order valence-electron chi connectivity index (χ4n) is 12.3. The van der Waals surface area contributed by atoms with Crippen molar-refractivity contribution < 1.29 is 0 Å². The predicted molar refractivity (Wildman–Crippen MR) is 201 cm³/mol. The molecule has 3 fully saturated rings. The molecule has 7 rings (SSSR count). The first-order chi connectivity index (χ1) is 22.3. The Morgan fingerprint density at radius 1 is 0.652 bits per heavy atom. The normalized spacial score (nSPS) is 33.1. The summed E-state index contributed by atoms with van der Waals surface area (Å²) in [7, 11) is 0. The van der Waals surface area contributed by atoms with Crippen LogP contribution in [-0.2, 0) is 0 Å². The maximum atomic E-state index is 2.94. The number of rotatable bonds is 9. The van der Waals surface area contributed by atoms with E-state index in [0.29, 0.717) is 14.8 Å². The van der Waals surface area contributed by atoms with Crippen LogP contribution in [0.3, 0.4) is 0 Å². The molecule has 4 aliphatic rings. The summed E-state index contributed by atoms with van der Waals surface area (Å²) in [6, 6.07) is 35.4. The van der Waals surface area contributed by atoms with Crippen molar-refractivity contribution in [2.24, 2.45) is 46.3 Å². The van der Waals surface area contributed by atoms with E-state index in [1.54, 1.807) is 10.7 Å². The van der Waals surface area contributed by atoms with Gasteiger partial charge in [-0.25, -0.2) is 0 Å². The van der Waals surface area contributed by atoms with E-state index in [1.165, 1.54) is 70.6 Å². The third kappa shape index (κ3) is 5.49. The van der Waals surface area contributed by atoms with Crippen molar-refractivity contribution in [3.63, 3.8) is 0 Å². The molecule has 3 aromatic carbocycles. The van der Waals surface area contributed by atoms with Gasteiger partial charge in [0.1, 0.15) is 0 Å². The molecule has 3 aromatic rings. The molecule has 244 valence electrons. The minimum atomic E-state index is -3.42. The topological polar surface area (TPSA) is 0 Å². The molecule has 46 heavy (non-hydrogen) atoms. The van der Waals surface area contributed by atoms with Crippen LogP contribution in [0, 0.1) is 46.3 Å². The van der Waals surface area contributed by atoms with Crippen molar-refractivity contribution in [1.29, 1.82) is 0 Å². The zero-order valence-corrected chi connectivity index (χ0v) is 32.4. The maximum absolute atomic E-state index is 3.42. The summed E-state index contributed by atoms with van der Waals surface area (Å²) < 4.78 is 5.57. The molecule has 0 unspecified atom stereocenters. The van der Waals surface area contributed by atoms with Crippen LogP contribution in [0.1, 0.15) is 105 Å². The molecule has 0 amide bonds. The van der Waals surface area contributed by atoms with Gasteiger partial charge in [0.05, 0.1) is 0 Å². The molecule has 8 atom stereocenters. The van der Waals surface area contributed by atoms with E-state index in [1.807, 2.05) is 5.57 Å². The van der Waals surface area contributed by atoms with Crippen molar-refractivity contribution in [3.8, 4) is 0 Å². The predicted octanol–water partition coefficient (Wildman–Crippen LogP) is 10.6. The second-order valence-corrected chi connectivity index (χ2v) is 28.8. The fourth-order valence-corrected chi connectivity index (χ4v) is 27.9. The van der Waals surface area contributed by atoms with Crippen LogP contribution >= 0.6 is 0 Å². The van der Waals surface area contributed by atoms with Crippen molar-refractivity contribution in [1.82, 2.24) is 0 Å². The second-order valence-electron chi connectivity index (χ2n) is 17.1. The van der Waals surface area contributed by atoms with Crippen molar-refractivity contribution in [2.75, 3.05) is 0 Å². The zero-order valence-electron chi connectivity index (χ0n) is 29.6. The average molecular weight is 720 g/mol. The molecule has 0 N–H and O–H groups in total. The molecule has 0 heterocycles. The molecule has 0 radical (unpaired) electrons. The first-order valence-electron chi connectivity index (χ1n) is 19.2.